The monoisotopic (exact) mass is 228 g/mol. The first-order chi connectivity index (χ1) is 7.43. The zero-order chi connectivity index (χ0) is 12.2. The van der Waals surface area contributed by atoms with Gasteiger partial charge in [-0.1, -0.05) is 0 Å². The topological polar surface area (TPSA) is 64.4 Å². The summed E-state index contributed by atoms with van der Waals surface area (Å²) in [7, 11) is 0. The zero-order valence-corrected chi connectivity index (χ0v) is 10.6. The molecule has 94 valence electrons. The van der Waals surface area contributed by atoms with E-state index in [-0.39, 0.29) is 17.6 Å². The highest BCUT2D eigenvalue weighted by Crippen LogP contribution is 2.22. The molecule has 1 aliphatic rings. The first-order valence-corrected chi connectivity index (χ1v) is 6.09. The van der Waals surface area contributed by atoms with Crippen LogP contribution in [0.15, 0.2) is 0 Å². The number of hydrogen-bond acceptors (Lipinski definition) is 3. The van der Waals surface area contributed by atoms with E-state index < -0.39 is 0 Å². The van der Waals surface area contributed by atoms with Crippen molar-refractivity contribution in [1.29, 1.82) is 0 Å². The number of carbonyl (C=O) groups is 1. The van der Waals surface area contributed by atoms with E-state index in [0.29, 0.717) is 19.1 Å². The van der Waals surface area contributed by atoms with Crippen LogP contribution in [0.25, 0.3) is 0 Å². The van der Waals surface area contributed by atoms with E-state index in [1.807, 2.05) is 13.8 Å². The van der Waals surface area contributed by atoms with E-state index in [9.17, 15) is 4.79 Å². The molecule has 3 N–H and O–H groups in total. The van der Waals surface area contributed by atoms with Crippen LogP contribution >= 0.6 is 0 Å². The minimum absolute atomic E-state index is 0.0682. The van der Waals surface area contributed by atoms with Gasteiger partial charge in [-0.2, -0.15) is 0 Å². The average Bonchev–Trinajstić information content (AvgIpc) is 2.61. The van der Waals surface area contributed by atoms with E-state index in [1.54, 1.807) is 0 Å². The molecule has 1 amide bonds. The van der Waals surface area contributed by atoms with Crippen LogP contribution in [0, 0.1) is 0 Å². The van der Waals surface area contributed by atoms with Gasteiger partial charge in [0, 0.05) is 18.5 Å². The van der Waals surface area contributed by atoms with Gasteiger partial charge in [-0.15, -0.1) is 0 Å². The lowest BCUT2D eigenvalue weighted by Gasteiger charge is -2.24. The van der Waals surface area contributed by atoms with E-state index in [1.165, 1.54) is 0 Å². The molecule has 1 saturated heterocycles. The van der Waals surface area contributed by atoms with Gasteiger partial charge in [-0.3, -0.25) is 4.79 Å². The van der Waals surface area contributed by atoms with Crippen LogP contribution in [0.4, 0.5) is 0 Å². The van der Waals surface area contributed by atoms with Crippen LogP contribution in [-0.4, -0.2) is 30.2 Å². The van der Waals surface area contributed by atoms with Crippen LogP contribution in [0.2, 0.25) is 0 Å². The van der Waals surface area contributed by atoms with Gasteiger partial charge in [0.15, 0.2) is 0 Å². The van der Waals surface area contributed by atoms with Crippen molar-refractivity contribution in [2.75, 3.05) is 6.54 Å². The molecule has 1 heterocycles. The maximum Gasteiger partial charge on any atom is 0.220 e. The van der Waals surface area contributed by atoms with E-state index in [4.69, 9.17) is 10.5 Å². The lowest BCUT2D eigenvalue weighted by atomic mass is 10.0. The standard InChI is InChI=1S/C12H24N2O2/c1-9-4-5-10(16-9)6-7-11(15)14-12(2,3)8-13/h9-10H,4-8,13H2,1-3H3,(H,14,15). The summed E-state index contributed by atoms with van der Waals surface area (Å²) in [5.74, 6) is 0.0682. The fraction of sp³-hybridized carbons (Fsp3) is 0.917. The van der Waals surface area contributed by atoms with Crippen molar-refractivity contribution < 1.29 is 9.53 Å². The van der Waals surface area contributed by atoms with Gasteiger partial charge in [0.25, 0.3) is 0 Å². The number of amides is 1. The number of ether oxygens (including phenoxy) is 1. The first-order valence-electron chi connectivity index (χ1n) is 6.09. The van der Waals surface area contributed by atoms with Gasteiger partial charge in [-0.25, -0.2) is 0 Å². The summed E-state index contributed by atoms with van der Waals surface area (Å²) >= 11 is 0. The van der Waals surface area contributed by atoms with Crippen LogP contribution < -0.4 is 11.1 Å². The summed E-state index contributed by atoms with van der Waals surface area (Å²) in [5.41, 5.74) is 5.25. The summed E-state index contributed by atoms with van der Waals surface area (Å²) in [6, 6.07) is 0. The fourth-order valence-corrected chi connectivity index (χ4v) is 1.88. The Morgan fingerprint density at radius 3 is 2.69 bits per heavy atom. The fourth-order valence-electron chi connectivity index (χ4n) is 1.88. The van der Waals surface area contributed by atoms with Gasteiger partial charge >= 0.3 is 0 Å². The summed E-state index contributed by atoms with van der Waals surface area (Å²) in [4.78, 5) is 11.6. The number of carbonyl (C=O) groups excluding carboxylic acids is 1. The molecule has 1 fully saturated rings. The summed E-state index contributed by atoms with van der Waals surface area (Å²) in [6.07, 6.45) is 4.16. The molecule has 0 spiro atoms. The molecule has 0 radical (unpaired) electrons. The molecule has 2 unspecified atom stereocenters. The van der Waals surface area contributed by atoms with E-state index >= 15 is 0 Å². The Bertz CT molecular complexity index is 241. The van der Waals surface area contributed by atoms with Crippen molar-refractivity contribution in [1.82, 2.24) is 5.32 Å². The minimum Gasteiger partial charge on any atom is -0.375 e. The SMILES string of the molecule is CC1CCC(CCC(=O)NC(C)(C)CN)O1. The van der Waals surface area contributed by atoms with Gasteiger partial charge in [-0.05, 0) is 40.0 Å². The van der Waals surface area contributed by atoms with Crippen molar-refractivity contribution in [3.8, 4) is 0 Å². The number of hydrogen-bond donors (Lipinski definition) is 2. The van der Waals surface area contributed by atoms with Crippen LogP contribution in [0.5, 0.6) is 0 Å². The van der Waals surface area contributed by atoms with Crippen molar-refractivity contribution in [2.45, 2.75) is 64.2 Å². The molecule has 0 aromatic carbocycles. The average molecular weight is 228 g/mol. The summed E-state index contributed by atoms with van der Waals surface area (Å²) in [6.45, 7) is 6.39. The van der Waals surface area contributed by atoms with Crippen molar-refractivity contribution >= 4 is 5.91 Å². The molecule has 2 atom stereocenters. The maximum absolute atomic E-state index is 11.6. The minimum atomic E-state index is -0.305. The summed E-state index contributed by atoms with van der Waals surface area (Å²) < 4.78 is 5.66. The third-order valence-electron chi connectivity index (χ3n) is 3.00. The lowest BCUT2D eigenvalue weighted by Crippen LogP contribution is -2.48. The quantitative estimate of drug-likeness (QED) is 0.743. The second-order valence-electron chi connectivity index (χ2n) is 5.32. The van der Waals surface area contributed by atoms with Crippen LogP contribution in [0.3, 0.4) is 0 Å². The highest BCUT2D eigenvalue weighted by atomic mass is 16.5. The Labute approximate surface area is 97.9 Å². The maximum atomic E-state index is 11.6. The van der Waals surface area contributed by atoms with Crippen LogP contribution in [0.1, 0.15) is 46.5 Å². The Balaban J connectivity index is 2.20. The molecule has 4 heteroatoms. The van der Waals surface area contributed by atoms with Gasteiger partial charge in [0.2, 0.25) is 5.91 Å². The molecule has 0 aromatic heterocycles. The number of nitrogens with two attached hydrogens (primary N) is 1. The van der Waals surface area contributed by atoms with Crippen molar-refractivity contribution in [3.63, 3.8) is 0 Å². The van der Waals surface area contributed by atoms with Crippen molar-refractivity contribution in [3.05, 3.63) is 0 Å². The molecule has 16 heavy (non-hydrogen) atoms. The predicted molar refractivity (Wildman–Crippen MR) is 64.1 cm³/mol. The molecule has 0 saturated carbocycles. The third kappa shape index (κ3) is 4.49. The Kier molecular flexibility index (Phi) is 4.74. The highest BCUT2D eigenvalue weighted by Gasteiger charge is 2.23. The predicted octanol–water partition coefficient (Wildman–Crippen LogP) is 1.19. The third-order valence-corrected chi connectivity index (χ3v) is 3.00. The Hall–Kier alpha value is -0.610. The van der Waals surface area contributed by atoms with E-state index in [0.717, 1.165) is 19.3 Å². The molecule has 0 aromatic rings. The second kappa shape index (κ2) is 5.64. The Morgan fingerprint density at radius 2 is 2.19 bits per heavy atom. The number of rotatable bonds is 5. The first kappa shape index (κ1) is 13.5. The Morgan fingerprint density at radius 1 is 1.50 bits per heavy atom. The largest absolute Gasteiger partial charge is 0.375 e. The highest BCUT2D eigenvalue weighted by molar-refractivity contribution is 5.76. The molecular weight excluding hydrogens is 204 g/mol. The number of nitrogens with one attached hydrogen (secondary N) is 1. The van der Waals surface area contributed by atoms with Gasteiger partial charge in [0.05, 0.1) is 12.2 Å². The molecular formula is C12H24N2O2. The lowest BCUT2D eigenvalue weighted by molar-refractivity contribution is -0.123. The smallest absolute Gasteiger partial charge is 0.220 e. The molecule has 0 aliphatic carbocycles. The molecule has 1 aliphatic heterocycles. The second-order valence-corrected chi connectivity index (χ2v) is 5.32. The molecule has 0 bridgehead atoms. The van der Waals surface area contributed by atoms with Gasteiger partial charge in [0.1, 0.15) is 0 Å². The normalized spacial score (nSPS) is 25.8. The van der Waals surface area contributed by atoms with Gasteiger partial charge < -0.3 is 15.8 Å². The van der Waals surface area contributed by atoms with E-state index in [2.05, 4.69) is 12.2 Å². The molecule has 1 rings (SSSR count). The molecule has 4 nitrogen and oxygen atoms in total. The zero-order valence-electron chi connectivity index (χ0n) is 10.6. The summed E-state index contributed by atoms with van der Waals surface area (Å²) in [5, 5.41) is 2.92. The van der Waals surface area contributed by atoms with Crippen molar-refractivity contribution in [2.24, 2.45) is 5.73 Å². The van der Waals surface area contributed by atoms with Crippen LogP contribution in [-0.2, 0) is 9.53 Å².